The molecule has 2 amide bonds. The number of hydrogen-bond acceptors (Lipinski definition) is 5. The van der Waals surface area contributed by atoms with Crippen LogP contribution in [0.4, 0.5) is 5.69 Å². The molecule has 4 aromatic rings. The Kier molecular flexibility index (Phi) is 8.49. The number of methoxy groups -OCH3 is 1. The topological polar surface area (TPSA) is 84.7 Å². The molecule has 0 unspecified atom stereocenters. The summed E-state index contributed by atoms with van der Waals surface area (Å²) in [6, 6.07) is 26.8. The summed E-state index contributed by atoms with van der Waals surface area (Å²) in [5.41, 5.74) is 10.5. The molecule has 36 heavy (non-hydrogen) atoms. The average Bonchev–Trinajstić information content (AvgIpc) is 3.45. The number of nitrogens with zero attached hydrogens (tertiary/aromatic N) is 1. The second-order valence-electron chi connectivity index (χ2n) is 8.43. The van der Waals surface area contributed by atoms with Crippen LogP contribution in [0, 0.1) is 0 Å². The predicted octanol–water partition coefficient (Wildman–Crippen LogP) is 5.24. The third kappa shape index (κ3) is 6.81. The Bertz CT molecular complexity index is 1290. The minimum atomic E-state index is -0.131. The fourth-order valence-corrected chi connectivity index (χ4v) is 4.47. The Labute approximate surface area is 215 Å². The number of nitrogens with two attached hydrogens (primary N) is 1. The standard InChI is InChI=1S/C29H29N3O3S/c1-35-26-13-9-21(10-14-26)17-28(33)32(20-24-5-2-4-23(16-24)18-30)19-22-7-11-25(12-8-22)31-29(34)27-6-3-15-36-27/h2-16H,17-20,30H2,1H3,(H,31,34). The number of thiophene rings is 1. The highest BCUT2D eigenvalue weighted by Gasteiger charge is 2.16. The van der Waals surface area contributed by atoms with Crippen molar-refractivity contribution >= 4 is 28.8 Å². The predicted molar refractivity (Wildman–Crippen MR) is 144 cm³/mol. The summed E-state index contributed by atoms with van der Waals surface area (Å²) >= 11 is 1.40. The lowest BCUT2D eigenvalue weighted by molar-refractivity contribution is -0.131. The second kappa shape index (κ2) is 12.2. The van der Waals surface area contributed by atoms with E-state index in [4.69, 9.17) is 10.5 Å². The van der Waals surface area contributed by atoms with Crippen LogP contribution in [-0.2, 0) is 30.8 Å². The highest BCUT2D eigenvalue weighted by atomic mass is 32.1. The van der Waals surface area contributed by atoms with E-state index in [0.29, 0.717) is 30.2 Å². The number of carbonyl (C=O) groups excluding carboxylic acids is 2. The maximum atomic E-state index is 13.4. The molecule has 7 heteroatoms. The van der Waals surface area contributed by atoms with E-state index < -0.39 is 0 Å². The Morgan fingerprint density at radius 2 is 1.56 bits per heavy atom. The first-order chi connectivity index (χ1) is 17.5. The molecule has 0 aliphatic carbocycles. The van der Waals surface area contributed by atoms with Crippen molar-refractivity contribution < 1.29 is 14.3 Å². The fourth-order valence-electron chi connectivity index (χ4n) is 3.85. The van der Waals surface area contributed by atoms with E-state index in [1.165, 1.54) is 11.3 Å². The Balaban J connectivity index is 1.48. The zero-order chi connectivity index (χ0) is 25.3. The van der Waals surface area contributed by atoms with Crippen LogP contribution in [0.25, 0.3) is 0 Å². The SMILES string of the molecule is COc1ccc(CC(=O)N(Cc2ccc(NC(=O)c3cccs3)cc2)Cc2cccc(CN)c2)cc1. The molecule has 0 saturated carbocycles. The molecule has 0 saturated heterocycles. The van der Waals surface area contributed by atoms with Gasteiger partial charge in [0, 0.05) is 25.3 Å². The van der Waals surface area contributed by atoms with Crippen LogP contribution in [0.1, 0.15) is 31.9 Å². The van der Waals surface area contributed by atoms with Gasteiger partial charge in [-0.2, -0.15) is 0 Å². The smallest absolute Gasteiger partial charge is 0.265 e. The maximum Gasteiger partial charge on any atom is 0.265 e. The number of anilines is 1. The number of carbonyl (C=O) groups is 2. The van der Waals surface area contributed by atoms with Crippen LogP contribution in [0.15, 0.2) is 90.3 Å². The van der Waals surface area contributed by atoms with E-state index in [1.807, 2.05) is 89.1 Å². The summed E-state index contributed by atoms with van der Waals surface area (Å²) < 4.78 is 5.22. The molecule has 0 bridgehead atoms. The number of rotatable bonds is 10. The summed E-state index contributed by atoms with van der Waals surface area (Å²) in [5.74, 6) is 0.648. The highest BCUT2D eigenvalue weighted by Crippen LogP contribution is 2.19. The molecule has 0 spiro atoms. The number of amides is 2. The monoisotopic (exact) mass is 499 g/mol. The van der Waals surface area contributed by atoms with Gasteiger partial charge in [0.25, 0.3) is 5.91 Å². The zero-order valence-electron chi connectivity index (χ0n) is 20.1. The van der Waals surface area contributed by atoms with Crippen LogP contribution in [0.3, 0.4) is 0 Å². The van der Waals surface area contributed by atoms with Gasteiger partial charge in [0.05, 0.1) is 18.4 Å². The van der Waals surface area contributed by atoms with Crippen molar-refractivity contribution in [2.24, 2.45) is 5.73 Å². The van der Waals surface area contributed by atoms with Crippen molar-refractivity contribution in [3.05, 3.63) is 117 Å². The molecule has 0 atom stereocenters. The molecule has 3 aromatic carbocycles. The molecule has 0 fully saturated rings. The van der Waals surface area contributed by atoms with Gasteiger partial charge in [-0.15, -0.1) is 11.3 Å². The minimum Gasteiger partial charge on any atom is -0.497 e. The maximum absolute atomic E-state index is 13.4. The largest absolute Gasteiger partial charge is 0.497 e. The van der Waals surface area contributed by atoms with Gasteiger partial charge in [0.1, 0.15) is 5.75 Å². The number of benzene rings is 3. The first-order valence-corrected chi connectivity index (χ1v) is 12.5. The lowest BCUT2D eigenvalue weighted by Gasteiger charge is -2.24. The average molecular weight is 500 g/mol. The van der Waals surface area contributed by atoms with Crippen molar-refractivity contribution in [3.8, 4) is 5.75 Å². The molecule has 4 rings (SSSR count). The van der Waals surface area contributed by atoms with Gasteiger partial charge in [0.2, 0.25) is 5.91 Å². The van der Waals surface area contributed by atoms with Crippen molar-refractivity contribution in [1.82, 2.24) is 4.90 Å². The number of nitrogens with one attached hydrogen (secondary N) is 1. The molecular weight excluding hydrogens is 470 g/mol. The van der Waals surface area contributed by atoms with Gasteiger partial charge in [-0.05, 0) is 58.0 Å². The van der Waals surface area contributed by atoms with E-state index in [1.54, 1.807) is 13.2 Å². The van der Waals surface area contributed by atoms with E-state index in [9.17, 15) is 9.59 Å². The summed E-state index contributed by atoms with van der Waals surface area (Å²) in [6.45, 7) is 1.37. The molecule has 1 aromatic heterocycles. The van der Waals surface area contributed by atoms with Crippen molar-refractivity contribution in [2.75, 3.05) is 12.4 Å². The van der Waals surface area contributed by atoms with E-state index in [0.717, 1.165) is 28.0 Å². The van der Waals surface area contributed by atoms with Crippen molar-refractivity contribution in [2.45, 2.75) is 26.1 Å². The molecule has 0 aliphatic rings. The first-order valence-electron chi connectivity index (χ1n) is 11.7. The van der Waals surface area contributed by atoms with Crippen LogP contribution in [0.2, 0.25) is 0 Å². The van der Waals surface area contributed by atoms with Gasteiger partial charge >= 0.3 is 0 Å². The zero-order valence-corrected chi connectivity index (χ0v) is 21.0. The van der Waals surface area contributed by atoms with Crippen LogP contribution in [0.5, 0.6) is 5.75 Å². The lowest BCUT2D eigenvalue weighted by atomic mass is 10.1. The fraction of sp³-hybridized carbons (Fsp3) is 0.172. The van der Waals surface area contributed by atoms with Gasteiger partial charge < -0.3 is 20.7 Å². The van der Waals surface area contributed by atoms with Gasteiger partial charge in [-0.25, -0.2) is 0 Å². The summed E-state index contributed by atoms with van der Waals surface area (Å²) in [7, 11) is 1.62. The number of ether oxygens (including phenoxy) is 1. The first kappa shape index (κ1) is 25.2. The Hall–Kier alpha value is -3.94. The Morgan fingerprint density at radius 3 is 2.22 bits per heavy atom. The van der Waals surface area contributed by atoms with E-state index in [2.05, 4.69) is 5.32 Å². The lowest BCUT2D eigenvalue weighted by Crippen LogP contribution is -2.31. The molecule has 3 N–H and O–H groups in total. The molecule has 6 nitrogen and oxygen atoms in total. The van der Waals surface area contributed by atoms with Gasteiger partial charge in [-0.3, -0.25) is 9.59 Å². The molecule has 0 radical (unpaired) electrons. The molecule has 1 heterocycles. The van der Waals surface area contributed by atoms with Crippen molar-refractivity contribution in [3.63, 3.8) is 0 Å². The molecular formula is C29H29N3O3S. The quantitative estimate of drug-likeness (QED) is 0.313. The van der Waals surface area contributed by atoms with E-state index in [-0.39, 0.29) is 18.2 Å². The Morgan fingerprint density at radius 1 is 0.861 bits per heavy atom. The van der Waals surface area contributed by atoms with Gasteiger partial charge in [-0.1, -0.05) is 54.6 Å². The third-order valence-electron chi connectivity index (χ3n) is 5.80. The third-order valence-corrected chi connectivity index (χ3v) is 6.67. The molecule has 0 aliphatic heterocycles. The van der Waals surface area contributed by atoms with Gasteiger partial charge in [0.15, 0.2) is 0 Å². The number of hydrogen-bond donors (Lipinski definition) is 2. The highest BCUT2D eigenvalue weighted by molar-refractivity contribution is 7.12. The van der Waals surface area contributed by atoms with Crippen molar-refractivity contribution in [1.29, 1.82) is 0 Å². The summed E-state index contributed by atoms with van der Waals surface area (Å²) in [5, 5.41) is 4.78. The minimum absolute atomic E-state index is 0.0217. The molecule has 184 valence electrons. The van der Waals surface area contributed by atoms with Crippen LogP contribution in [-0.4, -0.2) is 23.8 Å². The second-order valence-corrected chi connectivity index (χ2v) is 9.37. The summed E-state index contributed by atoms with van der Waals surface area (Å²) in [4.78, 5) is 28.2. The summed E-state index contributed by atoms with van der Waals surface area (Å²) in [6.07, 6.45) is 0.287. The van der Waals surface area contributed by atoms with E-state index >= 15 is 0 Å². The van der Waals surface area contributed by atoms with Crippen LogP contribution >= 0.6 is 11.3 Å². The van der Waals surface area contributed by atoms with Crippen LogP contribution < -0.4 is 15.8 Å². The normalized spacial score (nSPS) is 10.6.